The molecule has 4 nitrogen and oxygen atoms in total. The fraction of sp³-hybridized carbons (Fsp3) is 0.333. The Morgan fingerprint density at radius 3 is 2.64 bits per heavy atom. The number of nitrogens with zero attached hydrogens (tertiary/aromatic N) is 1. The van der Waals surface area contributed by atoms with Gasteiger partial charge in [-0.25, -0.2) is 4.98 Å². The van der Waals surface area contributed by atoms with Crippen molar-refractivity contribution in [3.05, 3.63) is 53.2 Å². The van der Waals surface area contributed by atoms with E-state index in [0.717, 1.165) is 35.3 Å². The van der Waals surface area contributed by atoms with Crippen LogP contribution in [0.3, 0.4) is 0 Å². The predicted molar refractivity (Wildman–Crippen MR) is 84.8 cm³/mol. The van der Waals surface area contributed by atoms with E-state index in [-0.39, 0.29) is 11.8 Å². The molecule has 1 N–H and O–H groups in total. The molecule has 1 amide bonds. The lowest BCUT2D eigenvalue weighted by molar-refractivity contribution is -0.122. The largest absolute Gasteiger partial charge is 0.438 e. The summed E-state index contributed by atoms with van der Waals surface area (Å²) in [5.74, 6) is 1.72. The number of carbonyl (C=O) groups is 1. The van der Waals surface area contributed by atoms with Gasteiger partial charge in [-0.1, -0.05) is 24.3 Å². The van der Waals surface area contributed by atoms with Gasteiger partial charge in [0.2, 0.25) is 11.8 Å². The lowest BCUT2D eigenvalue weighted by Crippen LogP contribution is -2.24. The summed E-state index contributed by atoms with van der Waals surface area (Å²) in [4.78, 5) is 16.1. The Bertz CT molecular complexity index is 673. The molecule has 3 rings (SSSR count). The third-order valence-corrected chi connectivity index (χ3v) is 3.86. The molecule has 4 heteroatoms. The van der Waals surface area contributed by atoms with Gasteiger partial charge in [-0.15, -0.1) is 0 Å². The molecule has 22 heavy (non-hydrogen) atoms. The van der Waals surface area contributed by atoms with Crippen molar-refractivity contribution in [1.82, 2.24) is 10.3 Å². The average Bonchev–Trinajstić information content (AvgIpc) is 3.34. The highest BCUT2D eigenvalue weighted by molar-refractivity contribution is 5.80. The summed E-state index contributed by atoms with van der Waals surface area (Å²) in [6.07, 6.45) is 3.71. The highest BCUT2D eigenvalue weighted by Gasteiger charge is 2.29. The van der Waals surface area contributed by atoms with E-state index in [1.54, 1.807) is 6.20 Å². The van der Waals surface area contributed by atoms with E-state index in [0.29, 0.717) is 12.4 Å². The zero-order valence-electron chi connectivity index (χ0n) is 12.9. The minimum Gasteiger partial charge on any atom is -0.438 e. The highest BCUT2D eigenvalue weighted by atomic mass is 16.5. The van der Waals surface area contributed by atoms with Crippen molar-refractivity contribution in [3.8, 4) is 11.6 Å². The van der Waals surface area contributed by atoms with Gasteiger partial charge in [0.1, 0.15) is 5.75 Å². The molecule has 1 aromatic heterocycles. The number of carbonyl (C=O) groups excluding carboxylic acids is 1. The van der Waals surface area contributed by atoms with E-state index >= 15 is 0 Å². The fourth-order valence-corrected chi connectivity index (χ4v) is 2.38. The molecule has 0 atom stereocenters. The van der Waals surface area contributed by atoms with Gasteiger partial charge in [0.05, 0.1) is 0 Å². The molecule has 0 spiro atoms. The summed E-state index contributed by atoms with van der Waals surface area (Å²) in [5, 5.41) is 2.96. The van der Waals surface area contributed by atoms with Crippen LogP contribution in [0.5, 0.6) is 11.6 Å². The molecule has 0 radical (unpaired) electrons. The number of aryl methyl sites for hydroxylation is 2. The minimum atomic E-state index is 0.127. The lowest BCUT2D eigenvalue weighted by atomic mass is 10.1. The average molecular weight is 296 g/mol. The van der Waals surface area contributed by atoms with Gasteiger partial charge in [-0.05, 0) is 43.9 Å². The Kier molecular flexibility index (Phi) is 4.09. The Morgan fingerprint density at radius 1 is 1.23 bits per heavy atom. The molecule has 2 aromatic rings. The summed E-state index contributed by atoms with van der Waals surface area (Å²) >= 11 is 0. The second-order valence-electron chi connectivity index (χ2n) is 5.78. The monoisotopic (exact) mass is 296 g/mol. The van der Waals surface area contributed by atoms with Crippen LogP contribution >= 0.6 is 0 Å². The number of ether oxygens (including phenoxy) is 1. The number of hydrogen-bond acceptors (Lipinski definition) is 3. The van der Waals surface area contributed by atoms with Gasteiger partial charge in [-0.3, -0.25) is 4.79 Å². The normalized spacial score (nSPS) is 13.7. The van der Waals surface area contributed by atoms with Gasteiger partial charge >= 0.3 is 0 Å². The molecular formula is C18H20N2O2. The van der Waals surface area contributed by atoms with Crippen LogP contribution in [0.4, 0.5) is 0 Å². The van der Waals surface area contributed by atoms with E-state index in [4.69, 9.17) is 4.74 Å². The molecule has 1 saturated carbocycles. The van der Waals surface area contributed by atoms with Gasteiger partial charge in [0.15, 0.2) is 0 Å². The van der Waals surface area contributed by atoms with Crippen LogP contribution in [0.1, 0.15) is 29.5 Å². The van der Waals surface area contributed by atoms with E-state index < -0.39 is 0 Å². The fourth-order valence-electron chi connectivity index (χ4n) is 2.38. The topological polar surface area (TPSA) is 51.2 Å². The summed E-state index contributed by atoms with van der Waals surface area (Å²) in [5.41, 5.74) is 3.02. The molecule has 0 unspecified atom stereocenters. The number of hydrogen-bond donors (Lipinski definition) is 1. The number of amides is 1. The summed E-state index contributed by atoms with van der Waals surface area (Å²) in [7, 11) is 0. The lowest BCUT2D eigenvalue weighted by Gasteiger charge is -2.14. The Balaban J connectivity index is 1.77. The van der Waals surface area contributed by atoms with Gasteiger partial charge in [0, 0.05) is 24.2 Å². The molecule has 0 aliphatic heterocycles. The summed E-state index contributed by atoms with van der Waals surface area (Å²) in [6, 6.07) is 9.83. The number of benzene rings is 1. The van der Waals surface area contributed by atoms with Crippen molar-refractivity contribution in [2.24, 2.45) is 5.92 Å². The Labute approximate surface area is 130 Å². The molecule has 0 saturated heterocycles. The summed E-state index contributed by atoms with van der Waals surface area (Å²) in [6.45, 7) is 4.48. The second kappa shape index (κ2) is 6.18. The molecule has 1 heterocycles. The van der Waals surface area contributed by atoms with Crippen LogP contribution in [0.25, 0.3) is 0 Å². The van der Waals surface area contributed by atoms with Crippen LogP contribution < -0.4 is 10.1 Å². The molecule has 114 valence electrons. The van der Waals surface area contributed by atoms with Crippen molar-refractivity contribution < 1.29 is 9.53 Å². The van der Waals surface area contributed by atoms with Gasteiger partial charge in [0.25, 0.3) is 0 Å². The zero-order valence-corrected chi connectivity index (χ0v) is 12.9. The first-order valence-electron chi connectivity index (χ1n) is 7.61. The third-order valence-electron chi connectivity index (χ3n) is 3.86. The van der Waals surface area contributed by atoms with E-state index in [1.807, 2.05) is 44.2 Å². The molecule has 1 aliphatic carbocycles. The Hall–Kier alpha value is -2.36. The maximum Gasteiger partial charge on any atom is 0.224 e. The maximum absolute atomic E-state index is 11.8. The molecular weight excluding hydrogens is 276 g/mol. The second-order valence-corrected chi connectivity index (χ2v) is 5.78. The first-order valence-corrected chi connectivity index (χ1v) is 7.61. The number of aromatic nitrogens is 1. The predicted octanol–water partition coefficient (Wildman–Crippen LogP) is 3.52. The number of nitrogens with one attached hydrogen (secondary N) is 1. The molecule has 0 bridgehead atoms. The molecule has 1 aliphatic rings. The van der Waals surface area contributed by atoms with Crippen molar-refractivity contribution in [1.29, 1.82) is 0 Å². The van der Waals surface area contributed by atoms with Gasteiger partial charge in [-0.2, -0.15) is 0 Å². The van der Waals surface area contributed by atoms with Crippen molar-refractivity contribution in [3.63, 3.8) is 0 Å². The number of para-hydroxylation sites is 1. The Morgan fingerprint density at radius 2 is 1.95 bits per heavy atom. The smallest absolute Gasteiger partial charge is 0.224 e. The minimum absolute atomic E-state index is 0.127. The summed E-state index contributed by atoms with van der Waals surface area (Å²) < 4.78 is 6.02. The van der Waals surface area contributed by atoms with E-state index in [1.165, 1.54) is 0 Å². The van der Waals surface area contributed by atoms with Crippen LogP contribution in [0.15, 0.2) is 36.5 Å². The van der Waals surface area contributed by atoms with Crippen LogP contribution in [-0.2, 0) is 11.3 Å². The first kappa shape index (κ1) is 14.6. The van der Waals surface area contributed by atoms with Crippen LogP contribution in [0, 0.1) is 19.8 Å². The van der Waals surface area contributed by atoms with Crippen molar-refractivity contribution in [2.75, 3.05) is 0 Å². The van der Waals surface area contributed by atoms with Crippen molar-refractivity contribution >= 4 is 5.91 Å². The van der Waals surface area contributed by atoms with Crippen LogP contribution in [-0.4, -0.2) is 10.9 Å². The SMILES string of the molecule is Cc1cccc(C)c1Oc1ncccc1CNC(=O)C1CC1. The zero-order chi connectivity index (χ0) is 15.5. The van der Waals surface area contributed by atoms with Crippen molar-refractivity contribution in [2.45, 2.75) is 33.2 Å². The maximum atomic E-state index is 11.8. The van der Waals surface area contributed by atoms with Crippen LogP contribution in [0.2, 0.25) is 0 Å². The van der Waals surface area contributed by atoms with E-state index in [9.17, 15) is 4.79 Å². The quantitative estimate of drug-likeness (QED) is 0.918. The molecule has 1 aromatic carbocycles. The third kappa shape index (κ3) is 3.27. The molecule has 1 fully saturated rings. The van der Waals surface area contributed by atoms with Gasteiger partial charge < -0.3 is 10.1 Å². The number of pyridine rings is 1. The number of rotatable bonds is 5. The standard InChI is InChI=1S/C18H20N2O2/c1-12-5-3-6-13(2)16(12)22-18-15(7-4-10-19-18)11-20-17(21)14-8-9-14/h3-7,10,14H,8-9,11H2,1-2H3,(H,20,21). The highest BCUT2D eigenvalue weighted by Crippen LogP contribution is 2.30. The van der Waals surface area contributed by atoms with E-state index in [2.05, 4.69) is 10.3 Å². The first-order chi connectivity index (χ1) is 10.6.